The van der Waals surface area contributed by atoms with Crippen molar-refractivity contribution >= 4 is 12.4 Å². The fraction of sp³-hybridized carbons (Fsp3) is 1.00. The second kappa shape index (κ2) is 11.1. The number of methoxy groups -OCH3 is 2. The molecular weight excluding hydrogens is 182 g/mol. The molecule has 0 heterocycles. The zero-order chi connectivity index (χ0) is 8.53. The molecule has 1 unspecified atom stereocenters. The third-order valence-corrected chi connectivity index (χ3v) is 1.25. The van der Waals surface area contributed by atoms with Crippen molar-refractivity contribution in [1.82, 2.24) is 0 Å². The first kappa shape index (κ1) is 14.6. The van der Waals surface area contributed by atoms with Crippen LogP contribution in [0, 0.1) is 0 Å². The summed E-state index contributed by atoms with van der Waals surface area (Å²) in [5.74, 6) is 0. The first-order valence-electron chi connectivity index (χ1n) is 3.64. The topological polar surface area (TPSA) is 53.7 Å². The summed E-state index contributed by atoms with van der Waals surface area (Å²) in [4.78, 5) is 0. The molecule has 0 saturated heterocycles. The predicted molar refractivity (Wildman–Crippen MR) is 49.8 cm³/mol. The highest BCUT2D eigenvalue weighted by molar-refractivity contribution is 5.85. The number of ether oxygens (including phenoxy) is 3. The molecule has 0 rings (SSSR count). The average molecular weight is 200 g/mol. The Kier molecular flexibility index (Phi) is 13.6. The summed E-state index contributed by atoms with van der Waals surface area (Å²) in [5, 5.41) is 0. The molecule has 4 nitrogen and oxygen atoms in total. The summed E-state index contributed by atoms with van der Waals surface area (Å²) in [6.45, 7) is 2.22. The molecule has 0 saturated carbocycles. The quantitative estimate of drug-likeness (QED) is 0.589. The summed E-state index contributed by atoms with van der Waals surface area (Å²) in [6.07, 6.45) is 0.0200. The van der Waals surface area contributed by atoms with E-state index in [1.165, 1.54) is 0 Å². The maximum absolute atomic E-state index is 5.23. The zero-order valence-corrected chi connectivity index (χ0v) is 8.43. The monoisotopic (exact) mass is 199 g/mol. The van der Waals surface area contributed by atoms with E-state index in [2.05, 4.69) is 0 Å². The highest BCUT2D eigenvalue weighted by Crippen LogP contribution is 1.91. The molecule has 2 N–H and O–H groups in total. The molecule has 0 radical (unpaired) electrons. The van der Waals surface area contributed by atoms with Crippen molar-refractivity contribution in [3.63, 3.8) is 0 Å². The Labute approximate surface area is 79.8 Å². The molecule has 12 heavy (non-hydrogen) atoms. The third-order valence-electron chi connectivity index (χ3n) is 1.25. The van der Waals surface area contributed by atoms with E-state index in [9.17, 15) is 0 Å². The fourth-order valence-electron chi connectivity index (χ4n) is 0.668. The van der Waals surface area contributed by atoms with Crippen molar-refractivity contribution in [2.75, 3.05) is 40.6 Å². The van der Waals surface area contributed by atoms with Crippen LogP contribution in [0.25, 0.3) is 0 Å². The maximum atomic E-state index is 5.23. The standard InChI is InChI=1S/C7H17NO3.ClH/c1-9-5-7(10-2)6-11-4-3-8;/h7H,3-6,8H2,1-2H3;1H. The van der Waals surface area contributed by atoms with Crippen LogP contribution < -0.4 is 5.73 Å². The molecule has 0 amide bonds. The van der Waals surface area contributed by atoms with Gasteiger partial charge < -0.3 is 19.9 Å². The first-order chi connectivity index (χ1) is 5.35. The fourth-order valence-corrected chi connectivity index (χ4v) is 0.668. The Balaban J connectivity index is 0. The van der Waals surface area contributed by atoms with Crippen LogP contribution >= 0.6 is 12.4 Å². The van der Waals surface area contributed by atoms with Crippen LogP contribution in [-0.2, 0) is 14.2 Å². The van der Waals surface area contributed by atoms with E-state index in [1.807, 2.05) is 0 Å². The summed E-state index contributed by atoms with van der Waals surface area (Å²) in [6, 6.07) is 0. The van der Waals surface area contributed by atoms with Gasteiger partial charge in [0, 0.05) is 20.8 Å². The molecular formula is C7H18ClNO3. The minimum absolute atomic E-state index is 0. The SMILES string of the molecule is COCC(COCCN)OC.Cl. The van der Waals surface area contributed by atoms with Crippen LogP contribution in [0.1, 0.15) is 0 Å². The molecule has 0 aromatic heterocycles. The molecule has 0 bridgehead atoms. The molecule has 0 aliphatic heterocycles. The molecule has 0 aromatic carbocycles. The number of rotatable bonds is 7. The lowest BCUT2D eigenvalue weighted by Gasteiger charge is -2.13. The van der Waals surface area contributed by atoms with E-state index < -0.39 is 0 Å². The number of hydrogen-bond acceptors (Lipinski definition) is 4. The van der Waals surface area contributed by atoms with Crippen molar-refractivity contribution in [3.8, 4) is 0 Å². The van der Waals surface area contributed by atoms with Gasteiger partial charge in [-0.15, -0.1) is 12.4 Å². The lowest BCUT2D eigenvalue weighted by atomic mass is 10.4. The second-order valence-electron chi connectivity index (χ2n) is 2.18. The van der Waals surface area contributed by atoms with Crippen molar-refractivity contribution < 1.29 is 14.2 Å². The van der Waals surface area contributed by atoms with Gasteiger partial charge in [-0.25, -0.2) is 0 Å². The van der Waals surface area contributed by atoms with Crippen LogP contribution in [0.4, 0.5) is 0 Å². The molecule has 0 spiro atoms. The van der Waals surface area contributed by atoms with Crippen LogP contribution in [0.15, 0.2) is 0 Å². The normalized spacial score (nSPS) is 12.2. The number of halogens is 1. The minimum atomic E-state index is 0. The van der Waals surface area contributed by atoms with Gasteiger partial charge in [-0.1, -0.05) is 0 Å². The van der Waals surface area contributed by atoms with Crippen LogP contribution in [0.3, 0.4) is 0 Å². The lowest BCUT2D eigenvalue weighted by Crippen LogP contribution is -2.25. The van der Waals surface area contributed by atoms with Crippen molar-refractivity contribution in [1.29, 1.82) is 0 Å². The Morgan fingerprint density at radius 2 is 1.92 bits per heavy atom. The van der Waals surface area contributed by atoms with E-state index in [0.717, 1.165) is 0 Å². The minimum Gasteiger partial charge on any atom is -0.382 e. The van der Waals surface area contributed by atoms with Gasteiger partial charge in [-0.05, 0) is 0 Å². The van der Waals surface area contributed by atoms with Gasteiger partial charge in [0.1, 0.15) is 6.10 Å². The van der Waals surface area contributed by atoms with Gasteiger partial charge in [-0.2, -0.15) is 0 Å². The van der Waals surface area contributed by atoms with Gasteiger partial charge >= 0.3 is 0 Å². The largest absolute Gasteiger partial charge is 0.382 e. The van der Waals surface area contributed by atoms with Crippen molar-refractivity contribution in [2.45, 2.75) is 6.10 Å². The van der Waals surface area contributed by atoms with Crippen LogP contribution in [0.5, 0.6) is 0 Å². The molecule has 5 heteroatoms. The molecule has 76 valence electrons. The summed E-state index contributed by atoms with van der Waals surface area (Å²) < 4.78 is 15.1. The van der Waals surface area contributed by atoms with Crippen molar-refractivity contribution in [3.05, 3.63) is 0 Å². The molecule has 0 aliphatic rings. The van der Waals surface area contributed by atoms with Gasteiger partial charge in [0.2, 0.25) is 0 Å². The smallest absolute Gasteiger partial charge is 0.104 e. The van der Waals surface area contributed by atoms with Gasteiger partial charge in [0.05, 0.1) is 19.8 Å². The molecule has 1 atom stereocenters. The molecule has 0 aliphatic carbocycles. The maximum Gasteiger partial charge on any atom is 0.104 e. The molecule has 0 aromatic rings. The van der Waals surface area contributed by atoms with Gasteiger partial charge in [0.15, 0.2) is 0 Å². The van der Waals surface area contributed by atoms with E-state index in [0.29, 0.717) is 26.4 Å². The second-order valence-corrected chi connectivity index (χ2v) is 2.18. The number of hydrogen-bond donors (Lipinski definition) is 1. The average Bonchev–Trinajstić information content (AvgIpc) is 2.03. The van der Waals surface area contributed by atoms with Crippen LogP contribution in [-0.4, -0.2) is 46.7 Å². The summed E-state index contributed by atoms with van der Waals surface area (Å²) in [7, 11) is 3.27. The third kappa shape index (κ3) is 8.23. The highest BCUT2D eigenvalue weighted by atomic mass is 35.5. The van der Waals surface area contributed by atoms with E-state index >= 15 is 0 Å². The lowest BCUT2D eigenvalue weighted by molar-refractivity contribution is -0.0286. The van der Waals surface area contributed by atoms with Crippen molar-refractivity contribution in [2.24, 2.45) is 5.73 Å². The Morgan fingerprint density at radius 3 is 2.33 bits per heavy atom. The summed E-state index contributed by atoms with van der Waals surface area (Å²) in [5.41, 5.74) is 5.23. The van der Waals surface area contributed by atoms with Gasteiger partial charge in [0.25, 0.3) is 0 Å². The molecule has 0 fully saturated rings. The van der Waals surface area contributed by atoms with Gasteiger partial charge in [-0.3, -0.25) is 0 Å². The van der Waals surface area contributed by atoms with E-state index in [1.54, 1.807) is 14.2 Å². The van der Waals surface area contributed by atoms with Crippen LogP contribution in [0.2, 0.25) is 0 Å². The van der Waals surface area contributed by atoms with E-state index in [4.69, 9.17) is 19.9 Å². The Bertz CT molecular complexity index is 85.1. The first-order valence-corrected chi connectivity index (χ1v) is 3.64. The number of nitrogens with two attached hydrogens (primary N) is 1. The predicted octanol–water partition coefficient (Wildman–Crippen LogP) is 0.0449. The highest BCUT2D eigenvalue weighted by Gasteiger charge is 2.05. The zero-order valence-electron chi connectivity index (χ0n) is 7.62. The Hall–Kier alpha value is 0.130. The summed E-state index contributed by atoms with van der Waals surface area (Å²) >= 11 is 0. The Morgan fingerprint density at radius 1 is 1.25 bits per heavy atom. The van der Waals surface area contributed by atoms with E-state index in [-0.39, 0.29) is 18.5 Å².